The van der Waals surface area contributed by atoms with Crippen LogP contribution < -0.4 is 15.2 Å². The van der Waals surface area contributed by atoms with Gasteiger partial charge in [-0.3, -0.25) is 0 Å². The summed E-state index contributed by atoms with van der Waals surface area (Å²) in [5.41, 5.74) is 6.54. The maximum atomic E-state index is 11.0. The SMILES string of the molecule is CC1(CO)Oc2ccc(O)cc2CC1(N)CC(O)C1CCc2ccccc2O1. The number of benzene rings is 2. The lowest BCUT2D eigenvalue weighted by Gasteiger charge is -2.50. The van der Waals surface area contributed by atoms with Gasteiger partial charge >= 0.3 is 0 Å². The van der Waals surface area contributed by atoms with Crippen molar-refractivity contribution in [3.63, 3.8) is 0 Å². The van der Waals surface area contributed by atoms with Crippen molar-refractivity contribution in [3.05, 3.63) is 53.6 Å². The van der Waals surface area contributed by atoms with Gasteiger partial charge in [-0.15, -0.1) is 0 Å². The van der Waals surface area contributed by atoms with Gasteiger partial charge in [0.05, 0.1) is 18.2 Å². The van der Waals surface area contributed by atoms with Crippen molar-refractivity contribution in [2.75, 3.05) is 6.61 Å². The molecule has 6 heteroatoms. The normalized spacial score (nSPS) is 29.8. The molecule has 4 unspecified atom stereocenters. The van der Waals surface area contributed by atoms with Gasteiger partial charge in [0.1, 0.15) is 29.0 Å². The van der Waals surface area contributed by atoms with E-state index in [1.807, 2.05) is 24.3 Å². The molecule has 0 spiro atoms. The molecule has 2 aliphatic rings. The van der Waals surface area contributed by atoms with Crippen molar-refractivity contribution >= 4 is 0 Å². The molecule has 4 rings (SSSR count). The smallest absolute Gasteiger partial charge is 0.147 e. The van der Waals surface area contributed by atoms with E-state index in [-0.39, 0.29) is 24.9 Å². The number of fused-ring (bicyclic) bond motifs is 2. The number of aliphatic hydroxyl groups excluding tert-OH is 2. The quantitative estimate of drug-likeness (QED) is 0.641. The average molecular weight is 385 g/mol. The number of aliphatic hydroxyl groups is 2. The molecule has 0 aliphatic carbocycles. The number of para-hydroxylation sites is 1. The number of aryl methyl sites for hydroxylation is 1. The zero-order valence-electron chi connectivity index (χ0n) is 16.0. The van der Waals surface area contributed by atoms with E-state index >= 15 is 0 Å². The molecule has 2 aromatic rings. The van der Waals surface area contributed by atoms with Crippen molar-refractivity contribution in [2.45, 2.75) is 56.0 Å². The van der Waals surface area contributed by atoms with Gasteiger partial charge in [0.15, 0.2) is 0 Å². The standard InChI is InChI=1S/C22H27NO5/c1-21(13-24)22(23,11-15-10-16(25)7-9-19(15)28-21)12-17(26)20-8-6-14-4-2-3-5-18(14)27-20/h2-5,7,9-10,17,20,24-26H,6,8,11-13,23H2,1H3. The molecule has 5 N–H and O–H groups in total. The Morgan fingerprint density at radius 3 is 2.75 bits per heavy atom. The van der Waals surface area contributed by atoms with Gasteiger partial charge in [-0.05, 0) is 68.0 Å². The molecule has 0 saturated heterocycles. The Balaban J connectivity index is 1.57. The summed E-state index contributed by atoms with van der Waals surface area (Å²) in [5, 5.41) is 30.8. The minimum absolute atomic E-state index is 0.130. The summed E-state index contributed by atoms with van der Waals surface area (Å²) >= 11 is 0. The first-order valence-electron chi connectivity index (χ1n) is 9.67. The lowest BCUT2D eigenvalue weighted by molar-refractivity contribution is -0.0812. The van der Waals surface area contributed by atoms with Gasteiger partial charge < -0.3 is 30.5 Å². The molecular formula is C22H27NO5. The molecule has 2 aliphatic heterocycles. The van der Waals surface area contributed by atoms with Crippen LogP contribution in [0.25, 0.3) is 0 Å². The Bertz CT molecular complexity index is 872. The molecule has 0 fully saturated rings. The second-order valence-electron chi connectivity index (χ2n) is 8.19. The van der Waals surface area contributed by atoms with Crippen LogP contribution in [0.5, 0.6) is 17.2 Å². The topological polar surface area (TPSA) is 105 Å². The van der Waals surface area contributed by atoms with Crippen LogP contribution in [0.4, 0.5) is 0 Å². The van der Waals surface area contributed by atoms with E-state index in [0.29, 0.717) is 18.6 Å². The molecule has 0 radical (unpaired) electrons. The Hall–Kier alpha value is -2.28. The Morgan fingerprint density at radius 1 is 1.18 bits per heavy atom. The predicted octanol–water partition coefficient (Wildman–Crippen LogP) is 1.92. The highest BCUT2D eigenvalue weighted by atomic mass is 16.5. The second-order valence-corrected chi connectivity index (χ2v) is 8.19. The zero-order valence-corrected chi connectivity index (χ0v) is 16.0. The van der Waals surface area contributed by atoms with E-state index in [9.17, 15) is 15.3 Å². The summed E-state index contributed by atoms with van der Waals surface area (Å²) in [6.45, 7) is 1.47. The summed E-state index contributed by atoms with van der Waals surface area (Å²) in [4.78, 5) is 0. The van der Waals surface area contributed by atoms with Gasteiger partial charge in [-0.1, -0.05) is 18.2 Å². The fraction of sp³-hybridized carbons (Fsp3) is 0.455. The van der Waals surface area contributed by atoms with Crippen LogP contribution in [0.1, 0.15) is 30.9 Å². The first kappa shape index (κ1) is 19.1. The summed E-state index contributed by atoms with van der Waals surface area (Å²) < 4.78 is 12.1. The van der Waals surface area contributed by atoms with Gasteiger partial charge in [0, 0.05) is 0 Å². The van der Waals surface area contributed by atoms with Gasteiger partial charge in [0.2, 0.25) is 0 Å². The molecular weight excluding hydrogens is 358 g/mol. The number of phenols is 1. The Kier molecular flexibility index (Phi) is 4.73. The highest BCUT2D eigenvalue weighted by molar-refractivity contribution is 5.44. The Labute approximate surface area is 164 Å². The number of hydrogen-bond acceptors (Lipinski definition) is 6. The average Bonchev–Trinajstić information content (AvgIpc) is 2.68. The van der Waals surface area contributed by atoms with Crippen molar-refractivity contribution < 1.29 is 24.8 Å². The minimum atomic E-state index is -1.06. The van der Waals surface area contributed by atoms with E-state index < -0.39 is 17.2 Å². The number of rotatable bonds is 4. The fourth-order valence-electron chi connectivity index (χ4n) is 4.27. The molecule has 0 saturated carbocycles. The van der Waals surface area contributed by atoms with Crippen molar-refractivity contribution in [3.8, 4) is 17.2 Å². The largest absolute Gasteiger partial charge is 0.508 e. The summed E-state index contributed by atoms with van der Waals surface area (Å²) in [6.07, 6.45) is 0.915. The number of nitrogens with two attached hydrogens (primary N) is 1. The molecule has 4 atom stereocenters. The molecule has 2 heterocycles. The predicted molar refractivity (Wildman–Crippen MR) is 105 cm³/mol. The van der Waals surface area contributed by atoms with Gasteiger partial charge in [0.25, 0.3) is 0 Å². The van der Waals surface area contributed by atoms with Gasteiger partial charge in [-0.25, -0.2) is 0 Å². The van der Waals surface area contributed by atoms with Crippen molar-refractivity contribution in [2.24, 2.45) is 5.73 Å². The molecule has 6 nitrogen and oxygen atoms in total. The second kappa shape index (κ2) is 6.95. The summed E-state index contributed by atoms with van der Waals surface area (Å²) in [5.74, 6) is 1.52. The first-order chi connectivity index (χ1) is 13.3. The van der Waals surface area contributed by atoms with Crippen LogP contribution in [0.3, 0.4) is 0 Å². The third-order valence-corrected chi connectivity index (χ3v) is 6.19. The van der Waals surface area contributed by atoms with E-state index in [1.54, 1.807) is 25.1 Å². The van der Waals surface area contributed by atoms with E-state index in [1.165, 1.54) is 0 Å². The van der Waals surface area contributed by atoms with Crippen LogP contribution in [-0.4, -0.2) is 45.3 Å². The third kappa shape index (κ3) is 3.21. The highest BCUT2D eigenvalue weighted by Crippen LogP contribution is 2.42. The minimum Gasteiger partial charge on any atom is -0.508 e. The van der Waals surface area contributed by atoms with Gasteiger partial charge in [-0.2, -0.15) is 0 Å². The number of aromatic hydroxyl groups is 1. The van der Waals surface area contributed by atoms with E-state index in [0.717, 1.165) is 23.3 Å². The molecule has 28 heavy (non-hydrogen) atoms. The lowest BCUT2D eigenvalue weighted by Crippen LogP contribution is -2.68. The lowest BCUT2D eigenvalue weighted by atomic mass is 9.71. The van der Waals surface area contributed by atoms with Crippen LogP contribution in [0, 0.1) is 0 Å². The number of hydrogen-bond donors (Lipinski definition) is 4. The summed E-state index contributed by atoms with van der Waals surface area (Å²) in [7, 11) is 0. The molecule has 2 aromatic carbocycles. The fourth-order valence-corrected chi connectivity index (χ4v) is 4.27. The summed E-state index contributed by atoms with van der Waals surface area (Å²) in [6, 6.07) is 12.7. The number of phenolic OH excluding ortho intramolecular Hbond substituents is 1. The molecule has 150 valence electrons. The van der Waals surface area contributed by atoms with Crippen LogP contribution in [0.2, 0.25) is 0 Å². The van der Waals surface area contributed by atoms with Crippen LogP contribution in [0.15, 0.2) is 42.5 Å². The highest BCUT2D eigenvalue weighted by Gasteiger charge is 2.52. The third-order valence-electron chi connectivity index (χ3n) is 6.19. The number of ether oxygens (including phenoxy) is 2. The first-order valence-corrected chi connectivity index (χ1v) is 9.67. The van der Waals surface area contributed by atoms with E-state index in [2.05, 4.69) is 0 Å². The maximum absolute atomic E-state index is 11.0. The van der Waals surface area contributed by atoms with Crippen LogP contribution >= 0.6 is 0 Å². The van der Waals surface area contributed by atoms with Crippen molar-refractivity contribution in [1.29, 1.82) is 0 Å². The van der Waals surface area contributed by atoms with Crippen LogP contribution in [-0.2, 0) is 12.8 Å². The van der Waals surface area contributed by atoms with Crippen molar-refractivity contribution in [1.82, 2.24) is 0 Å². The Morgan fingerprint density at radius 2 is 1.96 bits per heavy atom. The molecule has 0 aromatic heterocycles. The zero-order chi connectivity index (χ0) is 19.9. The molecule has 0 amide bonds. The van der Waals surface area contributed by atoms with E-state index in [4.69, 9.17) is 15.2 Å². The maximum Gasteiger partial charge on any atom is 0.147 e. The molecule has 0 bridgehead atoms. The monoisotopic (exact) mass is 385 g/mol.